The van der Waals surface area contributed by atoms with Crippen LogP contribution in [0.15, 0.2) is 6.20 Å². The third-order valence-electron chi connectivity index (χ3n) is 2.79. The average molecular weight is 209 g/mol. The van der Waals surface area contributed by atoms with Crippen molar-refractivity contribution in [2.75, 3.05) is 0 Å². The van der Waals surface area contributed by atoms with Crippen LogP contribution in [0.4, 0.5) is 0 Å². The predicted molar refractivity (Wildman–Crippen MR) is 63.7 cm³/mol. The first kappa shape index (κ1) is 12.2. The molecule has 1 rings (SSSR count). The van der Waals surface area contributed by atoms with E-state index in [4.69, 9.17) is 5.73 Å². The van der Waals surface area contributed by atoms with E-state index in [-0.39, 0.29) is 6.04 Å². The molecule has 2 N–H and O–H groups in total. The number of unbranched alkanes of at least 4 members (excludes halogenated alkanes) is 2. The van der Waals surface area contributed by atoms with Gasteiger partial charge in [-0.05, 0) is 12.8 Å². The SMILES string of the molecule is CCCCCC(N)c1cn(C)nc1CC. The third kappa shape index (κ3) is 3.34. The van der Waals surface area contributed by atoms with Gasteiger partial charge in [0.2, 0.25) is 0 Å². The van der Waals surface area contributed by atoms with Gasteiger partial charge >= 0.3 is 0 Å². The van der Waals surface area contributed by atoms with Crippen LogP contribution < -0.4 is 5.73 Å². The Labute approximate surface area is 92.7 Å². The lowest BCUT2D eigenvalue weighted by Gasteiger charge is -2.10. The maximum absolute atomic E-state index is 6.17. The Bertz CT molecular complexity index is 291. The maximum atomic E-state index is 6.17. The van der Waals surface area contributed by atoms with Crippen molar-refractivity contribution in [3.8, 4) is 0 Å². The van der Waals surface area contributed by atoms with E-state index < -0.39 is 0 Å². The van der Waals surface area contributed by atoms with E-state index in [0.29, 0.717) is 0 Å². The molecule has 0 saturated heterocycles. The van der Waals surface area contributed by atoms with E-state index in [2.05, 4.69) is 25.1 Å². The lowest BCUT2D eigenvalue weighted by atomic mass is 10.0. The largest absolute Gasteiger partial charge is 0.324 e. The second-order valence-electron chi connectivity index (χ2n) is 4.16. The van der Waals surface area contributed by atoms with Gasteiger partial charge in [0.05, 0.1) is 5.69 Å². The molecule has 0 aliphatic carbocycles. The van der Waals surface area contributed by atoms with E-state index in [1.807, 2.05) is 11.7 Å². The quantitative estimate of drug-likeness (QED) is 0.732. The lowest BCUT2D eigenvalue weighted by Crippen LogP contribution is -2.11. The van der Waals surface area contributed by atoms with E-state index in [1.165, 1.54) is 24.8 Å². The molecule has 0 aromatic carbocycles. The summed E-state index contributed by atoms with van der Waals surface area (Å²) in [5, 5.41) is 4.42. The molecule has 1 aromatic rings. The molecule has 15 heavy (non-hydrogen) atoms. The monoisotopic (exact) mass is 209 g/mol. The van der Waals surface area contributed by atoms with Gasteiger partial charge in [-0.1, -0.05) is 33.1 Å². The van der Waals surface area contributed by atoms with Crippen LogP contribution in [0, 0.1) is 0 Å². The molecule has 0 bridgehead atoms. The van der Waals surface area contributed by atoms with Crippen LogP contribution in [-0.2, 0) is 13.5 Å². The number of hydrogen-bond acceptors (Lipinski definition) is 2. The molecule has 0 radical (unpaired) electrons. The van der Waals surface area contributed by atoms with Crippen LogP contribution in [0.3, 0.4) is 0 Å². The molecular weight excluding hydrogens is 186 g/mol. The minimum atomic E-state index is 0.167. The van der Waals surface area contributed by atoms with E-state index >= 15 is 0 Å². The zero-order valence-corrected chi connectivity index (χ0v) is 10.2. The number of aromatic nitrogens is 2. The highest BCUT2D eigenvalue weighted by Crippen LogP contribution is 2.20. The van der Waals surface area contributed by atoms with Gasteiger partial charge < -0.3 is 5.73 Å². The molecule has 0 spiro atoms. The van der Waals surface area contributed by atoms with Crippen LogP contribution in [0.25, 0.3) is 0 Å². The summed E-state index contributed by atoms with van der Waals surface area (Å²) in [4.78, 5) is 0. The summed E-state index contributed by atoms with van der Waals surface area (Å²) in [6.45, 7) is 4.34. The molecule has 0 saturated carbocycles. The van der Waals surface area contributed by atoms with Crippen LogP contribution in [0.1, 0.15) is 56.8 Å². The number of nitrogens with two attached hydrogens (primary N) is 1. The molecule has 1 unspecified atom stereocenters. The van der Waals surface area contributed by atoms with Gasteiger partial charge in [0.1, 0.15) is 0 Å². The molecule has 1 aromatic heterocycles. The van der Waals surface area contributed by atoms with Crippen molar-refractivity contribution in [2.24, 2.45) is 12.8 Å². The Morgan fingerprint density at radius 2 is 2.13 bits per heavy atom. The summed E-state index contributed by atoms with van der Waals surface area (Å²) in [5.41, 5.74) is 8.56. The summed E-state index contributed by atoms with van der Waals surface area (Å²) >= 11 is 0. The predicted octanol–water partition coefficient (Wildman–Crippen LogP) is 2.56. The molecule has 0 aliphatic rings. The van der Waals surface area contributed by atoms with Crippen LogP contribution in [0.2, 0.25) is 0 Å². The van der Waals surface area contributed by atoms with Crippen LogP contribution in [-0.4, -0.2) is 9.78 Å². The highest BCUT2D eigenvalue weighted by atomic mass is 15.3. The summed E-state index contributed by atoms with van der Waals surface area (Å²) in [5.74, 6) is 0. The Kier molecular flexibility index (Phi) is 4.82. The van der Waals surface area contributed by atoms with Crippen molar-refractivity contribution in [2.45, 2.75) is 52.0 Å². The fourth-order valence-corrected chi connectivity index (χ4v) is 1.91. The van der Waals surface area contributed by atoms with Gasteiger partial charge in [-0.2, -0.15) is 5.10 Å². The average Bonchev–Trinajstić information content (AvgIpc) is 2.60. The second-order valence-corrected chi connectivity index (χ2v) is 4.16. The van der Waals surface area contributed by atoms with Crippen molar-refractivity contribution in [1.29, 1.82) is 0 Å². The smallest absolute Gasteiger partial charge is 0.0669 e. The number of aryl methyl sites for hydroxylation is 2. The molecular formula is C12H23N3. The highest BCUT2D eigenvalue weighted by Gasteiger charge is 2.13. The molecule has 3 nitrogen and oxygen atoms in total. The van der Waals surface area contributed by atoms with Crippen molar-refractivity contribution >= 4 is 0 Å². The maximum Gasteiger partial charge on any atom is 0.0669 e. The van der Waals surface area contributed by atoms with Crippen molar-refractivity contribution in [1.82, 2.24) is 9.78 Å². The Morgan fingerprint density at radius 1 is 1.40 bits per heavy atom. The Morgan fingerprint density at radius 3 is 2.73 bits per heavy atom. The van der Waals surface area contributed by atoms with Gasteiger partial charge in [-0.3, -0.25) is 4.68 Å². The van der Waals surface area contributed by atoms with Crippen molar-refractivity contribution in [3.05, 3.63) is 17.5 Å². The first-order chi connectivity index (χ1) is 7.19. The standard InChI is InChI=1S/C12H23N3/c1-4-6-7-8-11(13)10-9-15(3)14-12(10)5-2/h9,11H,4-8,13H2,1-3H3. The van der Waals surface area contributed by atoms with Crippen LogP contribution >= 0.6 is 0 Å². The molecule has 86 valence electrons. The molecule has 0 fully saturated rings. The number of hydrogen-bond donors (Lipinski definition) is 1. The molecule has 1 heterocycles. The van der Waals surface area contributed by atoms with Gasteiger partial charge in [0, 0.05) is 24.8 Å². The first-order valence-corrected chi connectivity index (χ1v) is 5.97. The zero-order valence-electron chi connectivity index (χ0n) is 10.2. The fourth-order valence-electron chi connectivity index (χ4n) is 1.91. The second kappa shape index (κ2) is 5.91. The highest BCUT2D eigenvalue weighted by molar-refractivity contribution is 5.20. The van der Waals surface area contributed by atoms with Gasteiger partial charge in [0.15, 0.2) is 0 Å². The first-order valence-electron chi connectivity index (χ1n) is 5.97. The fraction of sp³-hybridized carbons (Fsp3) is 0.750. The molecule has 0 amide bonds. The van der Waals surface area contributed by atoms with E-state index in [0.717, 1.165) is 18.5 Å². The van der Waals surface area contributed by atoms with Gasteiger partial charge in [-0.15, -0.1) is 0 Å². The molecule has 1 atom stereocenters. The van der Waals surface area contributed by atoms with Gasteiger partial charge in [0.25, 0.3) is 0 Å². The minimum Gasteiger partial charge on any atom is -0.324 e. The summed E-state index contributed by atoms with van der Waals surface area (Å²) in [7, 11) is 1.96. The normalized spacial score (nSPS) is 13.1. The molecule has 0 aliphatic heterocycles. The zero-order chi connectivity index (χ0) is 11.3. The van der Waals surface area contributed by atoms with Crippen molar-refractivity contribution < 1.29 is 0 Å². The molecule has 3 heteroatoms. The summed E-state index contributed by atoms with van der Waals surface area (Å²) in [6, 6.07) is 0.167. The summed E-state index contributed by atoms with van der Waals surface area (Å²) < 4.78 is 1.87. The van der Waals surface area contributed by atoms with Crippen LogP contribution in [0.5, 0.6) is 0 Å². The minimum absolute atomic E-state index is 0.167. The number of nitrogens with zero attached hydrogens (tertiary/aromatic N) is 2. The number of rotatable bonds is 6. The summed E-state index contributed by atoms with van der Waals surface area (Å²) in [6.07, 6.45) is 7.85. The van der Waals surface area contributed by atoms with Gasteiger partial charge in [-0.25, -0.2) is 0 Å². The Hall–Kier alpha value is -0.830. The third-order valence-corrected chi connectivity index (χ3v) is 2.79. The lowest BCUT2D eigenvalue weighted by molar-refractivity contribution is 0.578. The van der Waals surface area contributed by atoms with Crippen molar-refractivity contribution in [3.63, 3.8) is 0 Å². The van der Waals surface area contributed by atoms with E-state index in [9.17, 15) is 0 Å². The topological polar surface area (TPSA) is 43.8 Å². The Balaban J connectivity index is 2.59. The van der Waals surface area contributed by atoms with E-state index in [1.54, 1.807) is 0 Å².